The Bertz CT molecular complexity index is 228. The lowest BCUT2D eigenvalue weighted by Gasteiger charge is -2.15. The Morgan fingerprint density at radius 2 is 1.36 bits per heavy atom. The van der Waals surface area contributed by atoms with Crippen LogP contribution in [0.4, 0.5) is 0 Å². The Hall–Kier alpha value is -0.643. The highest BCUT2D eigenvalue weighted by Crippen LogP contribution is 1.99. The lowest BCUT2D eigenvalue weighted by molar-refractivity contribution is 0.258. The van der Waals surface area contributed by atoms with Gasteiger partial charge in [0.1, 0.15) is 0 Å². The van der Waals surface area contributed by atoms with Gasteiger partial charge in [-0.2, -0.15) is 0 Å². The molecule has 80 valence electrons. The maximum Gasteiger partial charge on any atom is 0.331 e. The van der Waals surface area contributed by atoms with E-state index in [1.54, 1.807) is 14.2 Å². The summed E-state index contributed by atoms with van der Waals surface area (Å²) in [6, 6.07) is 10.3. The average molecular weight is 212 g/mol. The second kappa shape index (κ2) is 6.76. The van der Waals surface area contributed by atoms with Crippen molar-refractivity contribution in [3.8, 4) is 0 Å². The first kappa shape index (κ1) is 13.4. The highest BCUT2D eigenvalue weighted by atomic mass is 28.4. The molecule has 0 fully saturated rings. The predicted octanol–water partition coefficient (Wildman–Crippen LogP) is 2.98. The minimum atomic E-state index is -1.65. The Labute approximate surface area is 88.1 Å². The molecule has 0 aliphatic carbocycles. The van der Waals surface area contributed by atoms with Crippen LogP contribution in [0.3, 0.4) is 0 Å². The van der Waals surface area contributed by atoms with Crippen LogP contribution >= 0.6 is 0 Å². The molecule has 0 heterocycles. The van der Waals surface area contributed by atoms with Crippen LogP contribution in [0.25, 0.3) is 0 Å². The largest absolute Gasteiger partial charge is 0.398 e. The maximum atomic E-state index is 5.00. The molecule has 0 atom stereocenters. The van der Waals surface area contributed by atoms with Crippen LogP contribution < -0.4 is 0 Å². The van der Waals surface area contributed by atoms with E-state index >= 15 is 0 Å². The van der Waals surface area contributed by atoms with E-state index in [4.69, 9.17) is 8.85 Å². The Balaban J connectivity index is 0.000000241. The summed E-state index contributed by atoms with van der Waals surface area (Å²) in [6.45, 7) is 6.07. The highest BCUT2D eigenvalue weighted by Gasteiger charge is 2.19. The van der Waals surface area contributed by atoms with Gasteiger partial charge in [0.2, 0.25) is 0 Å². The number of hydrogen-bond donors (Lipinski definition) is 0. The lowest BCUT2D eigenvalue weighted by atomic mass is 10.2. The van der Waals surface area contributed by atoms with Crippen molar-refractivity contribution in [2.75, 3.05) is 14.2 Å². The van der Waals surface area contributed by atoms with Gasteiger partial charge in [-0.05, 0) is 20.0 Å². The van der Waals surface area contributed by atoms with Gasteiger partial charge in [-0.1, -0.05) is 35.9 Å². The first-order valence-corrected chi connectivity index (χ1v) is 7.45. The minimum absolute atomic E-state index is 1.32. The molecule has 14 heavy (non-hydrogen) atoms. The van der Waals surface area contributed by atoms with Crippen LogP contribution in [0.2, 0.25) is 13.1 Å². The van der Waals surface area contributed by atoms with Gasteiger partial charge >= 0.3 is 8.56 Å². The lowest BCUT2D eigenvalue weighted by Crippen LogP contribution is -2.31. The van der Waals surface area contributed by atoms with Crippen molar-refractivity contribution in [2.45, 2.75) is 20.0 Å². The third-order valence-electron chi connectivity index (χ3n) is 1.92. The summed E-state index contributed by atoms with van der Waals surface area (Å²) in [4.78, 5) is 0. The van der Waals surface area contributed by atoms with E-state index < -0.39 is 8.56 Å². The van der Waals surface area contributed by atoms with Crippen molar-refractivity contribution in [2.24, 2.45) is 0 Å². The van der Waals surface area contributed by atoms with Crippen molar-refractivity contribution in [1.29, 1.82) is 0 Å². The summed E-state index contributed by atoms with van der Waals surface area (Å²) < 4.78 is 10.0. The number of hydrogen-bond acceptors (Lipinski definition) is 2. The van der Waals surface area contributed by atoms with Crippen molar-refractivity contribution in [3.05, 3.63) is 35.9 Å². The molecule has 2 nitrogen and oxygen atoms in total. The van der Waals surface area contributed by atoms with Crippen LogP contribution in [-0.2, 0) is 8.85 Å². The SMILES string of the molecule is CO[Si](C)(C)OC.Cc1ccccc1. The van der Waals surface area contributed by atoms with Crippen molar-refractivity contribution >= 4 is 8.56 Å². The van der Waals surface area contributed by atoms with Crippen LogP contribution in [0.5, 0.6) is 0 Å². The van der Waals surface area contributed by atoms with E-state index in [-0.39, 0.29) is 0 Å². The molecule has 1 rings (SSSR count). The van der Waals surface area contributed by atoms with E-state index in [9.17, 15) is 0 Å². The molecule has 0 bridgehead atoms. The average Bonchev–Trinajstić information content (AvgIpc) is 2.20. The standard InChI is InChI=1S/C7H8.C4H12O2Si/c1-7-5-3-2-4-6-7;1-5-7(3,4)6-2/h2-6H,1H3;1-4H3. The number of rotatable bonds is 2. The van der Waals surface area contributed by atoms with Crippen LogP contribution in [-0.4, -0.2) is 22.8 Å². The monoisotopic (exact) mass is 212 g/mol. The van der Waals surface area contributed by atoms with Crippen LogP contribution in [0, 0.1) is 6.92 Å². The van der Waals surface area contributed by atoms with Gasteiger partial charge in [-0.3, -0.25) is 0 Å². The van der Waals surface area contributed by atoms with Gasteiger partial charge < -0.3 is 8.85 Å². The smallest absolute Gasteiger partial charge is 0.331 e. The summed E-state index contributed by atoms with van der Waals surface area (Å²) in [6.07, 6.45) is 0. The van der Waals surface area contributed by atoms with E-state index in [0.29, 0.717) is 0 Å². The molecule has 0 radical (unpaired) electrons. The maximum absolute atomic E-state index is 5.00. The quantitative estimate of drug-likeness (QED) is 0.702. The molecular formula is C11H20O2Si. The summed E-state index contributed by atoms with van der Waals surface area (Å²) >= 11 is 0. The summed E-state index contributed by atoms with van der Waals surface area (Å²) in [5.41, 5.74) is 1.32. The molecule has 0 N–H and O–H groups in total. The first-order chi connectivity index (χ1) is 6.52. The molecule has 0 saturated heterocycles. The molecule has 0 unspecified atom stereocenters. The molecule has 0 amide bonds. The number of aryl methyl sites for hydroxylation is 1. The molecule has 0 aliphatic rings. The van der Waals surface area contributed by atoms with Gasteiger partial charge in [-0.15, -0.1) is 0 Å². The van der Waals surface area contributed by atoms with Crippen LogP contribution in [0.15, 0.2) is 30.3 Å². The van der Waals surface area contributed by atoms with Gasteiger partial charge in [0, 0.05) is 14.2 Å². The number of benzene rings is 1. The molecule has 0 aromatic heterocycles. The second-order valence-electron chi connectivity index (χ2n) is 3.46. The molecule has 0 aliphatic heterocycles. The predicted molar refractivity (Wildman–Crippen MR) is 62.7 cm³/mol. The summed E-state index contributed by atoms with van der Waals surface area (Å²) in [5, 5.41) is 0. The van der Waals surface area contributed by atoms with Gasteiger partial charge in [-0.25, -0.2) is 0 Å². The van der Waals surface area contributed by atoms with E-state index in [0.717, 1.165) is 0 Å². The van der Waals surface area contributed by atoms with Gasteiger partial charge in [0.15, 0.2) is 0 Å². The zero-order valence-electron chi connectivity index (χ0n) is 9.70. The molecule has 0 saturated carbocycles. The zero-order chi connectivity index (χ0) is 11.0. The third kappa shape index (κ3) is 6.83. The van der Waals surface area contributed by atoms with Gasteiger partial charge in [0.05, 0.1) is 0 Å². The zero-order valence-corrected chi connectivity index (χ0v) is 10.7. The van der Waals surface area contributed by atoms with Crippen molar-refractivity contribution in [1.82, 2.24) is 0 Å². The van der Waals surface area contributed by atoms with Crippen LogP contribution in [0.1, 0.15) is 5.56 Å². The molecule has 0 spiro atoms. The fourth-order valence-electron chi connectivity index (χ4n) is 0.618. The fourth-order valence-corrected chi connectivity index (χ4v) is 0.784. The minimum Gasteiger partial charge on any atom is -0.398 e. The van der Waals surface area contributed by atoms with Crippen molar-refractivity contribution < 1.29 is 8.85 Å². The second-order valence-corrected chi connectivity index (χ2v) is 7.08. The fraction of sp³-hybridized carbons (Fsp3) is 0.455. The first-order valence-electron chi connectivity index (χ1n) is 4.64. The Kier molecular flexibility index (Phi) is 6.45. The third-order valence-corrected chi connectivity index (χ3v) is 3.89. The molecule has 1 aromatic carbocycles. The topological polar surface area (TPSA) is 18.5 Å². The Morgan fingerprint density at radius 1 is 0.929 bits per heavy atom. The summed E-state index contributed by atoms with van der Waals surface area (Å²) in [7, 11) is 1.70. The molecule has 3 heteroatoms. The van der Waals surface area contributed by atoms with E-state index in [1.807, 2.05) is 31.3 Å². The van der Waals surface area contributed by atoms with E-state index in [1.165, 1.54) is 5.56 Å². The van der Waals surface area contributed by atoms with Crippen molar-refractivity contribution in [3.63, 3.8) is 0 Å². The highest BCUT2D eigenvalue weighted by molar-refractivity contribution is 6.64. The molecular weight excluding hydrogens is 192 g/mol. The summed E-state index contributed by atoms with van der Waals surface area (Å²) in [5.74, 6) is 0. The Morgan fingerprint density at radius 3 is 1.50 bits per heavy atom. The van der Waals surface area contributed by atoms with Gasteiger partial charge in [0.25, 0.3) is 0 Å². The normalized spacial score (nSPS) is 10.4. The van der Waals surface area contributed by atoms with E-state index in [2.05, 4.69) is 19.1 Å². The molecule has 1 aromatic rings.